The molecule has 3 aromatic rings. The molecule has 2 N–H and O–H groups in total. The number of carbonyl (C=O) groups excluding carboxylic acids is 1. The number of thiazole rings is 1. The first kappa shape index (κ1) is 21.9. The lowest BCUT2D eigenvalue weighted by atomic mass is 10.1. The quantitative estimate of drug-likeness (QED) is 0.566. The van der Waals surface area contributed by atoms with Crippen LogP contribution in [0.5, 0.6) is 0 Å². The van der Waals surface area contributed by atoms with Gasteiger partial charge in [-0.2, -0.15) is 0 Å². The molecule has 0 aliphatic heterocycles. The van der Waals surface area contributed by atoms with Crippen LogP contribution in [0.15, 0.2) is 33.7 Å². The monoisotopic (exact) mass is 452 g/mol. The van der Waals surface area contributed by atoms with Crippen LogP contribution < -0.4 is 10.6 Å². The summed E-state index contributed by atoms with van der Waals surface area (Å²) >= 11 is 1.17. The van der Waals surface area contributed by atoms with E-state index in [0.29, 0.717) is 40.1 Å². The maximum absolute atomic E-state index is 14.2. The van der Waals surface area contributed by atoms with Crippen molar-refractivity contribution in [1.82, 2.24) is 15.3 Å². The summed E-state index contributed by atoms with van der Waals surface area (Å²) in [5.74, 6) is 0.521. The van der Waals surface area contributed by atoms with Crippen molar-refractivity contribution in [1.29, 1.82) is 0 Å². The number of hydrogen-bond acceptors (Lipinski definition) is 7. The van der Waals surface area contributed by atoms with Crippen molar-refractivity contribution in [3.8, 4) is 10.4 Å². The number of aryl methyl sites for hydroxylation is 2. The second-order valence-electron chi connectivity index (χ2n) is 6.56. The second-order valence-corrected chi connectivity index (χ2v) is 9.54. The zero-order valence-corrected chi connectivity index (χ0v) is 18.3. The summed E-state index contributed by atoms with van der Waals surface area (Å²) in [6.07, 6.45) is 3.84. The Hall–Kier alpha value is -2.79. The van der Waals surface area contributed by atoms with Crippen LogP contribution in [0.1, 0.15) is 24.3 Å². The van der Waals surface area contributed by atoms with E-state index in [9.17, 15) is 17.6 Å². The van der Waals surface area contributed by atoms with Gasteiger partial charge in [-0.25, -0.2) is 27.6 Å². The highest BCUT2D eigenvalue weighted by atomic mass is 32.2. The largest absolute Gasteiger partial charge is 0.446 e. The van der Waals surface area contributed by atoms with Crippen LogP contribution in [0.4, 0.5) is 14.3 Å². The summed E-state index contributed by atoms with van der Waals surface area (Å²) in [7, 11) is -3.65. The molecule has 0 aliphatic carbocycles. The number of urea groups is 1. The number of halogens is 1. The summed E-state index contributed by atoms with van der Waals surface area (Å²) in [4.78, 5) is 20.8. The van der Waals surface area contributed by atoms with Crippen molar-refractivity contribution in [2.24, 2.45) is 0 Å². The molecule has 0 atom stereocenters. The topological polar surface area (TPSA) is 114 Å². The Kier molecular flexibility index (Phi) is 6.52. The number of oxazole rings is 1. The molecule has 0 spiro atoms. The molecule has 3 rings (SSSR count). The molecule has 2 heterocycles. The summed E-state index contributed by atoms with van der Waals surface area (Å²) in [5, 5.41) is 5.69. The molecule has 30 heavy (non-hydrogen) atoms. The molecule has 0 radical (unpaired) electrons. The minimum Gasteiger partial charge on any atom is -0.446 e. The summed E-state index contributed by atoms with van der Waals surface area (Å²) in [6, 6.07) is 3.47. The van der Waals surface area contributed by atoms with E-state index < -0.39 is 21.7 Å². The molecule has 2 aromatic heterocycles. The minimum absolute atomic E-state index is 0.338. The van der Waals surface area contributed by atoms with E-state index in [1.54, 1.807) is 13.1 Å². The summed E-state index contributed by atoms with van der Waals surface area (Å²) in [6.45, 7) is 4.03. The Morgan fingerprint density at radius 2 is 2.10 bits per heavy atom. The van der Waals surface area contributed by atoms with Gasteiger partial charge in [0.2, 0.25) is 0 Å². The van der Waals surface area contributed by atoms with Gasteiger partial charge in [-0.1, -0.05) is 24.3 Å². The van der Waals surface area contributed by atoms with Crippen molar-refractivity contribution < 1.29 is 22.0 Å². The highest BCUT2D eigenvalue weighted by Gasteiger charge is 2.17. The molecule has 160 valence electrons. The number of carbonyl (C=O) groups is 1. The normalized spacial score (nSPS) is 11.5. The number of aromatic nitrogens is 2. The number of nitrogens with zero attached hydrogens (tertiary/aromatic N) is 2. The van der Waals surface area contributed by atoms with Gasteiger partial charge < -0.3 is 9.73 Å². The minimum atomic E-state index is -3.65. The number of anilines is 1. The third kappa shape index (κ3) is 5.22. The van der Waals surface area contributed by atoms with Crippen LogP contribution in [-0.4, -0.2) is 37.2 Å². The van der Waals surface area contributed by atoms with E-state index in [-0.39, 0.29) is 4.90 Å². The van der Waals surface area contributed by atoms with E-state index in [2.05, 4.69) is 20.6 Å². The van der Waals surface area contributed by atoms with E-state index in [1.807, 2.05) is 6.92 Å². The first-order valence-electron chi connectivity index (χ1n) is 9.13. The van der Waals surface area contributed by atoms with Gasteiger partial charge in [-0.15, -0.1) is 0 Å². The van der Waals surface area contributed by atoms with Crippen molar-refractivity contribution in [3.63, 3.8) is 0 Å². The zero-order chi connectivity index (χ0) is 21.9. The molecular weight excluding hydrogens is 431 g/mol. The van der Waals surface area contributed by atoms with Crippen molar-refractivity contribution in [2.75, 3.05) is 18.1 Å². The summed E-state index contributed by atoms with van der Waals surface area (Å²) < 4.78 is 42.8. The van der Waals surface area contributed by atoms with Crippen LogP contribution >= 0.6 is 11.3 Å². The number of amides is 2. The van der Waals surface area contributed by atoms with Gasteiger partial charge >= 0.3 is 6.03 Å². The number of nitrogens with one attached hydrogen (secondary N) is 2. The van der Waals surface area contributed by atoms with Gasteiger partial charge in [0.15, 0.2) is 20.9 Å². The molecule has 11 heteroatoms. The molecule has 0 aliphatic rings. The van der Waals surface area contributed by atoms with Gasteiger partial charge in [-0.3, -0.25) is 5.32 Å². The van der Waals surface area contributed by atoms with Gasteiger partial charge in [0.05, 0.1) is 16.8 Å². The lowest BCUT2D eigenvalue weighted by Crippen LogP contribution is -2.30. The molecule has 0 bridgehead atoms. The Bertz CT molecular complexity index is 1170. The van der Waals surface area contributed by atoms with Crippen molar-refractivity contribution >= 4 is 32.3 Å². The third-order valence-electron chi connectivity index (χ3n) is 4.18. The van der Waals surface area contributed by atoms with Crippen molar-refractivity contribution in [3.05, 3.63) is 47.6 Å². The maximum Gasteiger partial charge on any atom is 0.321 e. The number of sulfone groups is 1. The molecule has 0 fully saturated rings. The van der Waals surface area contributed by atoms with Gasteiger partial charge in [0, 0.05) is 25.6 Å². The predicted octanol–water partition coefficient (Wildman–Crippen LogP) is 3.58. The summed E-state index contributed by atoms with van der Waals surface area (Å²) in [5.41, 5.74) is 1.08. The molecule has 1 aromatic carbocycles. The van der Waals surface area contributed by atoms with Crippen LogP contribution in [0.3, 0.4) is 0 Å². The fourth-order valence-electron chi connectivity index (χ4n) is 2.71. The standard InChI is InChI=1S/C19H21FN4O4S2/c1-4-13-10-22-16(28-13)7-8-21-18(25)24-19-23-11(2)17(29-19)12-5-6-15(14(20)9-12)30(3,26)27/h5-6,9-10H,4,7-8H2,1-3H3,(H2,21,23,24,25). The molecule has 8 nitrogen and oxygen atoms in total. The van der Waals surface area contributed by atoms with Crippen LogP contribution in [0, 0.1) is 12.7 Å². The predicted molar refractivity (Wildman–Crippen MR) is 112 cm³/mol. The lowest BCUT2D eigenvalue weighted by molar-refractivity contribution is 0.252. The van der Waals surface area contributed by atoms with Gasteiger partial charge in [0.1, 0.15) is 16.5 Å². The van der Waals surface area contributed by atoms with Crippen LogP contribution in [0.25, 0.3) is 10.4 Å². The van der Waals surface area contributed by atoms with Gasteiger partial charge in [0.25, 0.3) is 0 Å². The lowest BCUT2D eigenvalue weighted by Gasteiger charge is -2.04. The number of hydrogen-bond donors (Lipinski definition) is 2. The first-order valence-corrected chi connectivity index (χ1v) is 11.8. The molecule has 0 unspecified atom stereocenters. The van der Waals surface area contributed by atoms with E-state index >= 15 is 0 Å². The van der Waals surface area contributed by atoms with E-state index in [4.69, 9.17) is 4.42 Å². The van der Waals surface area contributed by atoms with Crippen LogP contribution in [0.2, 0.25) is 0 Å². The number of benzene rings is 1. The third-order valence-corrected chi connectivity index (χ3v) is 6.44. The van der Waals surface area contributed by atoms with Gasteiger partial charge in [-0.05, 0) is 24.6 Å². The Balaban J connectivity index is 1.63. The molecule has 0 saturated carbocycles. The number of rotatable bonds is 7. The molecule has 0 saturated heterocycles. The first-order chi connectivity index (χ1) is 14.2. The average molecular weight is 453 g/mol. The van der Waals surface area contributed by atoms with Crippen molar-refractivity contribution in [2.45, 2.75) is 31.6 Å². The molecular formula is C19H21FN4O4S2. The zero-order valence-electron chi connectivity index (χ0n) is 16.7. The SMILES string of the molecule is CCc1cnc(CCNC(=O)Nc2nc(C)c(-c3ccc(S(C)(=O)=O)c(F)c3)s2)o1. The molecule has 2 amide bonds. The fraction of sp³-hybridized carbons (Fsp3) is 0.316. The smallest absolute Gasteiger partial charge is 0.321 e. The average Bonchev–Trinajstić information content (AvgIpc) is 3.26. The highest BCUT2D eigenvalue weighted by Crippen LogP contribution is 2.34. The van der Waals surface area contributed by atoms with Crippen LogP contribution in [-0.2, 0) is 22.7 Å². The second kappa shape index (κ2) is 8.92. The van der Waals surface area contributed by atoms with E-state index in [0.717, 1.165) is 24.5 Å². The highest BCUT2D eigenvalue weighted by molar-refractivity contribution is 7.90. The fourth-order valence-corrected chi connectivity index (χ4v) is 4.40. The maximum atomic E-state index is 14.2. The van der Waals surface area contributed by atoms with E-state index in [1.165, 1.54) is 23.5 Å². The Morgan fingerprint density at radius 3 is 2.73 bits per heavy atom. The Morgan fingerprint density at radius 1 is 1.33 bits per heavy atom. The Labute approximate surface area is 177 Å².